The predicted molar refractivity (Wildman–Crippen MR) is 153 cm³/mol. The van der Waals surface area contributed by atoms with Gasteiger partial charge >= 0.3 is 0 Å². The normalized spacial score (nSPS) is 16.9. The number of carbonyl (C=O) groups is 1. The van der Waals surface area contributed by atoms with E-state index in [4.69, 9.17) is 16.6 Å². The van der Waals surface area contributed by atoms with Gasteiger partial charge < -0.3 is 20.0 Å². The third kappa shape index (κ3) is 5.49. The molecule has 2 atom stereocenters. The summed E-state index contributed by atoms with van der Waals surface area (Å²) in [6.07, 6.45) is 2.80. The Morgan fingerprint density at radius 3 is 2.74 bits per heavy atom. The van der Waals surface area contributed by atoms with Gasteiger partial charge in [-0.05, 0) is 88.7 Å². The highest BCUT2D eigenvalue weighted by molar-refractivity contribution is 9.10. The molecule has 0 radical (unpaired) electrons. The van der Waals surface area contributed by atoms with E-state index in [0.717, 1.165) is 28.9 Å². The number of pyridine rings is 1. The Kier molecular flexibility index (Phi) is 7.85. The zero-order valence-corrected chi connectivity index (χ0v) is 23.1. The number of nitrogens with one attached hydrogen (secondary N) is 2. The van der Waals surface area contributed by atoms with Crippen molar-refractivity contribution in [2.75, 3.05) is 11.9 Å². The molecule has 1 saturated heterocycles. The fraction of sp³-hybridized carbons (Fsp3) is 0.207. The van der Waals surface area contributed by atoms with Gasteiger partial charge in [-0.1, -0.05) is 31.2 Å². The first-order valence-electron chi connectivity index (χ1n) is 12.4. The van der Waals surface area contributed by atoms with Crippen molar-refractivity contribution in [3.63, 3.8) is 0 Å². The fourth-order valence-electron chi connectivity index (χ4n) is 4.69. The lowest BCUT2D eigenvalue weighted by atomic mass is 10.0. The minimum Gasteiger partial charge on any atom is -0.459 e. The monoisotopic (exact) mass is 592 g/mol. The Bertz CT molecular complexity index is 1460. The highest BCUT2D eigenvalue weighted by Gasteiger charge is 2.41. The smallest absolute Gasteiger partial charge is 0.226 e. The lowest BCUT2D eigenvalue weighted by Gasteiger charge is -2.26. The van der Waals surface area contributed by atoms with Gasteiger partial charge in [-0.3, -0.25) is 9.78 Å². The first-order valence-corrected chi connectivity index (χ1v) is 13.6. The lowest BCUT2D eigenvalue weighted by molar-refractivity contribution is -0.116. The lowest BCUT2D eigenvalue weighted by Crippen LogP contribution is -2.32. The molecular weight excluding hydrogens is 567 g/mol. The van der Waals surface area contributed by atoms with Crippen LogP contribution in [0.4, 0.5) is 10.1 Å². The van der Waals surface area contributed by atoms with Crippen molar-refractivity contribution in [3.8, 4) is 11.3 Å². The topological polar surface area (TPSA) is 70.4 Å². The Balaban J connectivity index is 1.41. The van der Waals surface area contributed by atoms with Crippen LogP contribution >= 0.6 is 28.1 Å². The van der Waals surface area contributed by atoms with E-state index >= 15 is 0 Å². The average molecular weight is 594 g/mol. The second-order valence-corrected chi connectivity index (χ2v) is 10.2. The summed E-state index contributed by atoms with van der Waals surface area (Å²) in [6, 6.07) is 21.1. The molecule has 4 aromatic rings. The summed E-state index contributed by atoms with van der Waals surface area (Å²) in [7, 11) is 0. The van der Waals surface area contributed by atoms with Crippen molar-refractivity contribution in [3.05, 3.63) is 106 Å². The van der Waals surface area contributed by atoms with Crippen LogP contribution in [-0.2, 0) is 11.2 Å². The minimum atomic E-state index is -0.334. The summed E-state index contributed by atoms with van der Waals surface area (Å²) >= 11 is 9.14. The molecule has 0 aliphatic carbocycles. The zero-order valence-electron chi connectivity index (χ0n) is 20.7. The van der Waals surface area contributed by atoms with Crippen LogP contribution in [0, 0.1) is 5.82 Å². The number of furan rings is 1. The zero-order chi connectivity index (χ0) is 26.6. The Hall–Kier alpha value is -3.56. The molecule has 9 heteroatoms. The van der Waals surface area contributed by atoms with Gasteiger partial charge in [0.25, 0.3) is 0 Å². The minimum absolute atomic E-state index is 0.0934. The molecule has 2 N–H and O–H groups in total. The summed E-state index contributed by atoms with van der Waals surface area (Å²) in [5.41, 5.74) is 3.46. The molecule has 0 bridgehead atoms. The third-order valence-corrected chi connectivity index (χ3v) is 7.57. The molecule has 2 aromatic carbocycles. The van der Waals surface area contributed by atoms with Gasteiger partial charge in [-0.15, -0.1) is 0 Å². The van der Waals surface area contributed by atoms with E-state index in [1.54, 1.807) is 12.3 Å². The number of benzene rings is 2. The number of hydrogen-bond acceptors (Lipinski definition) is 4. The van der Waals surface area contributed by atoms with Gasteiger partial charge in [0, 0.05) is 34.9 Å². The first-order chi connectivity index (χ1) is 18.4. The number of thiocarbonyl (C=S) groups is 1. The molecule has 2 aromatic heterocycles. The van der Waals surface area contributed by atoms with Crippen molar-refractivity contribution < 1.29 is 13.6 Å². The van der Waals surface area contributed by atoms with E-state index in [-0.39, 0.29) is 30.2 Å². The summed E-state index contributed by atoms with van der Waals surface area (Å²) in [6.45, 7) is 2.44. The molecule has 0 unspecified atom stereocenters. The van der Waals surface area contributed by atoms with Gasteiger partial charge in [0.2, 0.25) is 5.91 Å². The van der Waals surface area contributed by atoms with E-state index in [9.17, 15) is 9.18 Å². The van der Waals surface area contributed by atoms with Crippen molar-refractivity contribution in [1.29, 1.82) is 0 Å². The van der Waals surface area contributed by atoms with Crippen molar-refractivity contribution in [2.45, 2.75) is 31.8 Å². The summed E-state index contributed by atoms with van der Waals surface area (Å²) < 4.78 is 20.6. The van der Waals surface area contributed by atoms with Crippen LogP contribution in [0.1, 0.15) is 42.4 Å². The molecule has 1 aliphatic rings. The quantitative estimate of drug-likeness (QED) is 0.219. The Morgan fingerprint density at radius 2 is 1.97 bits per heavy atom. The number of hydrogen-bond donors (Lipinski definition) is 2. The molecular formula is C29H26BrFN4O2S. The van der Waals surface area contributed by atoms with Gasteiger partial charge in [0.15, 0.2) is 5.11 Å². The number of aryl methyl sites for hydroxylation is 1. The number of halogens is 2. The van der Waals surface area contributed by atoms with Crippen LogP contribution in [0.25, 0.3) is 11.3 Å². The summed E-state index contributed by atoms with van der Waals surface area (Å²) in [4.78, 5) is 19.4. The summed E-state index contributed by atoms with van der Waals surface area (Å²) in [5, 5.41) is 6.93. The number of carbonyl (C=O) groups excluding carboxylic acids is 1. The van der Waals surface area contributed by atoms with Crippen LogP contribution < -0.4 is 10.6 Å². The highest BCUT2D eigenvalue weighted by atomic mass is 79.9. The first kappa shape index (κ1) is 26.1. The number of rotatable bonds is 8. The molecule has 194 valence electrons. The van der Waals surface area contributed by atoms with Crippen LogP contribution in [0.3, 0.4) is 0 Å². The maximum atomic E-state index is 13.6. The van der Waals surface area contributed by atoms with Crippen LogP contribution in [0.2, 0.25) is 0 Å². The number of anilines is 1. The van der Waals surface area contributed by atoms with Gasteiger partial charge in [-0.25, -0.2) is 4.39 Å². The summed E-state index contributed by atoms with van der Waals surface area (Å²) in [5.74, 6) is 0.831. The molecule has 1 fully saturated rings. The van der Waals surface area contributed by atoms with E-state index < -0.39 is 0 Å². The van der Waals surface area contributed by atoms with E-state index in [2.05, 4.69) is 38.5 Å². The highest BCUT2D eigenvalue weighted by Crippen LogP contribution is 2.41. The van der Waals surface area contributed by atoms with Crippen molar-refractivity contribution in [1.82, 2.24) is 15.2 Å². The van der Waals surface area contributed by atoms with Crippen LogP contribution in [0.15, 0.2) is 87.9 Å². The number of aromatic nitrogens is 1. The van der Waals surface area contributed by atoms with Crippen molar-refractivity contribution in [2.24, 2.45) is 0 Å². The van der Waals surface area contributed by atoms with Gasteiger partial charge in [0.1, 0.15) is 23.4 Å². The molecule has 0 spiro atoms. The van der Waals surface area contributed by atoms with Crippen molar-refractivity contribution >= 4 is 44.9 Å². The molecule has 38 heavy (non-hydrogen) atoms. The molecule has 5 rings (SSSR count). The van der Waals surface area contributed by atoms with Gasteiger partial charge in [-0.2, -0.15) is 0 Å². The number of para-hydroxylation sites is 1. The SMILES string of the molecule is CCc1ccccc1NC(=O)CCN1C(=S)N[C@@H](c2ccccn2)[C@@H]1c1ccc(-c2ccc(F)cc2Br)o1. The molecule has 3 heterocycles. The molecule has 6 nitrogen and oxygen atoms in total. The maximum absolute atomic E-state index is 13.6. The average Bonchev–Trinajstić information content (AvgIpc) is 3.52. The second kappa shape index (κ2) is 11.4. The number of nitrogens with zero attached hydrogens (tertiary/aromatic N) is 2. The van der Waals surface area contributed by atoms with E-state index in [1.807, 2.05) is 59.5 Å². The third-order valence-electron chi connectivity index (χ3n) is 6.56. The molecule has 1 aliphatic heterocycles. The standard InChI is InChI=1S/C29H26BrFN4O2S/c1-2-18-7-3-4-8-22(18)33-26(36)14-16-35-28(27(34-29(35)38)23-9-5-6-15-32-23)25-13-12-24(37-25)20-11-10-19(31)17-21(20)30/h3-13,15,17,27-28H,2,14,16H2,1H3,(H,33,36)(H,34,38)/t27-,28-/m0/s1. The largest absolute Gasteiger partial charge is 0.459 e. The molecule has 0 saturated carbocycles. The van der Waals surface area contributed by atoms with Crippen LogP contribution in [0.5, 0.6) is 0 Å². The number of amides is 1. The van der Waals surface area contributed by atoms with E-state index in [0.29, 0.717) is 27.7 Å². The predicted octanol–water partition coefficient (Wildman–Crippen LogP) is 6.81. The van der Waals surface area contributed by atoms with Crippen LogP contribution in [-0.4, -0.2) is 27.4 Å². The Morgan fingerprint density at radius 1 is 1.16 bits per heavy atom. The fourth-order valence-corrected chi connectivity index (χ4v) is 5.56. The maximum Gasteiger partial charge on any atom is 0.226 e. The Labute approximate surface area is 234 Å². The van der Waals surface area contributed by atoms with Gasteiger partial charge in [0.05, 0.1) is 11.7 Å². The second-order valence-electron chi connectivity index (χ2n) is 8.96. The molecule has 1 amide bonds. The van der Waals surface area contributed by atoms with E-state index in [1.165, 1.54) is 12.1 Å².